The molecule has 0 bridgehead atoms. The fourth-order valence-corrected chi connectivity index (χ4v) is 2.50. The predicted octanol–water partition coefficient (Wildman–Crippen LogP) is 1.69. The van der Waals surface area contributed by atoms with Gasteiger partial charge in [-0.15, -0.1) is 0 Å². The van der Waals surface area contributed by atoms with Crippen LogP contribution in [0.4, 0.5) is 4.79 Å². The maximum absolute atomic E-state index is 12.0. The third kappa shape index (κ3) is 4.50. The number of carbonyl (C=O) groups excluding carboxylic acids is 1. The summed E-state index contributed by atoms with van der Waals surface area (Å²) in [5, 5.41) is 18.7. The largest absolute Gasteiger partial charge is 0.481 e. The Morgan fingerprint density at radius 3 is 2.40 bits per heavy atom. The Morgan fingerprint density at radius 1 is 1.20 bits per heavy atom. The monoisotopic (exact) mass is 346 g/mol. The maximum Gasteiger partial charge on any atom is 0.335 e. The van der Waals surface area contributed by atoms with Crippen LogP contribution in [0.1, 0.15) is 34.1 Å². The molecule has 134 valence electrons. The maximum atomic E-state index is 12.0. The Hall–Kier alpha value is -3.03. The van der Waals surface area contributed by atoms with E-state index in [0.29, 0.717) is 19.0 Å². The number of urea groups is 1. The molecule has 2 rings (SSSR count). The van der Waals surface area contributed by atoms with E-state index in [0.717, 1.165) is 23.2 Å². The smallest absolute Gasteiger partial charge is 0.335 e. The van der Waals surface area contributed by atoms with Crippen LogP contribution < -0.4 is 15.4 Å². The van der Waals surface area contributed by atoms with E-state index in [4.69, 9.17) is 9.84 Å². The molecule has 3 N–H and O–H groups in total. The third-order valence-electron chi connectivity index (χ3n) is 3.78. The molecule has 0 aliphatic heterocycles. The van der Waals surface area contributed by atoms with Gasteiger partial charge in [-0.2, -0.15) is 5.10 Å². The third-order valence-corrected chi connectivity index (χ3v) is 3.78. The molecule has 0 aliphatic rings. The number of methoxy groups -OCH3 is 1. The van der Waals surface area contributed by atoms with Crippen molar-refractivity contribution in [2.24, 2.45) is 7.05 Å². The number of aryl methyl sites for hydroxylation is 2. The Bertz CT molecular complexity index is 753. The van der Waals surface area contributed by atoms with Crippen molar-refractivity contribution in [2.45, 2.75) is 26.4 Å². The van der Waals surface area contributed by atoms with E-state index < -0.39 is 5.97 Å². The molecular weight excluding hydrogens is 324 g/mol. The fourth-order valence-electron chi connectivity index (χ4n) is 2.50. The van der Waals surface area contributed by atoms with Gasteiger partial charge in [-0.25, -0.2) is 14.3 Å². The number of carboxylic acid groups (broad SMARTS) is 1. The molecule has 0 radical (unpaired) electrons. The molecule has 0 unspecified atom stereocenters. The lowest BCUT2D eigenvalue weighted by Gasteiger charge is -2.09. The summed E-state index contributed by atoms with van der Waals surface area (Å²) >= 11 is 0. The van der Waals surface area contributed by atoms with Gasteiger partial charge in [0.15, 0.2) is 0 Å². The molecule has 1 aromatic carbocycles. The van der Waals surface area contributed by atoms with Gasteiger partial charge in [-0.3, -0.25) is 0 Å². The molecular formula is C17H22N4O4. The number of carbonyl (C=O) groups is 2. The number of hydrogen-bond acceptors (Lipinski definition) is 4. The first-order valence-corrected chi connectivity index (χ1v) is 7.88. The van der Waals surface area contributed by atoms with Crippen LogP contribution in [0.3, 0.4) is 0 Å². The second-order valence-corrected chi connectivity index (χ2v) is 5.45. The number of rotatable bonds is 7. The van der Waals surface area contributed by atoms with Crippen molar-refractivity contribution in [3.63, 3.8) is 0 Å². The number of ether oxygens (including phenoxy) is 1. The minimum absolute atomic E-state index is 0.212. The van der Waals surface area contributed by atoms with Crippen molar-refractivity contribution in [3.05, 3.63) is 46.6 Å². The van der Waals surface area contributed by atoms with Gasteiger partial charge in [0.25, 0.3) is 0 Å². The summed E-state index contributed by atoms with van der Waals surface area (Å²) in [5.41, 5.74) is 2.76. The van der Waals surface area contributed by atoms with E-state index in [9.17, 15) is 9.59 Å². The molecule has 0 aliphatic carbocycles. The van der Waals surface area contributed by atoms with Gasteiger partial charge < -0.3 is 20.5 Å². The van der Waals surface area contributed by atoms with Crippen LogP contribution >= 0.6 is 0 Å². The zero-order valence-electron chi connectivity index (χ0n) is 14.5. The zero-order chi connectivity index (χ0) is 18.4. The van der Waals surface area contributed by atoms with Gasteiger partial charge in [0, 0.05) is 13.6 Å². The molecule has 2 aromatic rings. The van der Waals surface area contributed by atoms with Crippen LogP contribution in [0.2, 0.25) is 0 Å². The van der Waals surface area contributed by atoms with Crippen molar-refractivity contribution < 1.29 is 19.4 Å². The molecule has 8 heteroatoms. The topological polar surface area (TPSA) is 105 Å². The first-order chi connectivity index (χ1) is 12.0. The Labute approximate surface area is 145 Å². The molecule has 25 heavy (non-hydrogen) atoms. The van der Waals surface area contributed by atoms with Gasteiger partial charge in [0.05, 0.1) is 30.5 Å². The molecule has 0 atom stereocenters. The highest BCUT2D eigenvalue weighted by molar-refractivity contribution is 5.87. The number of aromatic nitrogens is 2. The Morgan fingerprint density at radius 2 is 1.84 bits per heavy atom. The number of hydrogen-bond donors (Lipinski definition) is 3. The average molecular weight is 346 g/mol. The lowest BCUT2D eigenvalue weighted by molar-refractivity contribution is 0.0697. The summed E-state index contributed by atoms with van der Waals surface area (Å²) in [4.78, 5) is 22.8. The molecule has 2 amide bonds. The first-order valence-electron chi connectivity index (χ1n) is 7.88. The quantitative estimate of drug-likeness (QED) is 0.707. The minimum atomic E-state index is -0.977. The van der Waals surface area contributed by atoms with Crippen molar-refractivity contribution in [2.75, 3.05) is 7.11 Å². The summed E-state index contributed by atoms with van der Waals surface area (Å²) < 4.78 is 6.98. The first kappa shape index (κ1) is 18.3. The van der Waals surface area contributed by atoms with E-state index in [1.807, 2.05) is 6.92 Å². The van der Waals surface area contributed by atoms with Crippen LogP contribution in [0, 0.1) is 0 Å². The van der Waals surface area contributed by atoms with Crippen LogP contribution in [-0.2, 0) is 26.6 Å². The van der Waals surface area contributed by atoms with Gasteiger partial charge in [-0.1, -0.05) is 19.1 Å². The molecule has 0 fully saturated rings. The average Bonchev–Trinajstić information content (AvgIpc) is 2.93. The Kier molecular flexibility index (Phi) is 5.99. The van der Waals surface area contributed by atoms with E-state index >= 15 is 0 Å². The van der Waals surface area contributed by atoms with Gasteiger partial charge in [-0.05, 0) is 24.1 Å². The lowest BCUT2D eigenvalue weighted by atomic mass is 10.1. The van der Waals surface area contributed by atoms with Crippen molar-refractivity contribution in [3.8, 4) is 5.88 Å². The van der Waals surface area contributed by atoms with E-state index in [1.165, 1.54) is 12.1 Å². The van der Waals surface area contributed by atoms with E-state index in [1.54, 1.807) is 31.0 Å². The number of nitrogens with zero attached hydrogens (tertiary/aromatic N) is 2. The van der Waals surface area contributed by atoms with Crippen molar-refractivity contribution in [1.29, 1.82) is 0 Å². The standard InChI is InChI=1S/C17H22N4O4/c1-4-14-13(15(25-3)21(2)20-14)10-19-17(24)18-9-11-5-7-12(8-6-11)16(22)23/h5-8H,4,9-10H2,1-3H3,(H,22,23)(H2,18,19,24). The second-order valence-electron chi connectivity index (χ2n) is 5.45. The zero-order valence-corrected chi connectivity index (χ0v) is 14.5. The summed E-state index contributed by atoms with van der Waals surface area (Å²) in [6, 6.07) is 6.03. The molecule has 0 spiro atoms. The normalized spacial score (nSPS) is 10.4. The number of carboxylic acids is 1. The molecule has 8 nitrogen and oxygen atoms in total. The van der Waals surface area contributed by atoms with Crippen molar-refractivity contribution >= 4 is 12.0 Å². The summed E-state index contributed by atoms with van der Waals surface area (Å²) in [5.74, 6) is -0.351. The van der Waals surface area contributed by atoms with Gasteiger partial charge >= 0.3 is 12.0 Å². The molecule has 1 heterocycles. The highest BCUT2D eigenvalue weighted by Gasteiger charge is 2.16. The van der Waals surface area contributed by atoms with Crippen LogP contribution in [-0.4, -0.2) is 34.0 Å². The summed E-state index contributed by atoms with van der Waals surface area (Å²) in [6.45, 7) is 2.60. The van der Waals surface area contributed by atoms with Crippen molar-refractivity contribution in [1.82, 2.24) is 20.4 Å². The SMILES string of the molecule is CCc1nn(C)c(OC)c1CNC(=O)NCc1ccc(C(=O)O)cc1. The lowest BCUT2D eigenvalue weighted by Crippen LogP contribution is -2.34. The van der Waals surface area contributed by atoms with Gasteiger partial charge in [0.2, 0.25) is 5.88 Å². The summed E-state index contributed by atoms with van der Waals surface area (Å²) in [7, 11) is 3.36. The van der Waals surface area contributed by atoms with E-state index in [-0.39, 0.29) is 11.6 Å². The van der Waals surface area contributed by atoms with Crippen LogP contribution in [0.15, 0.2) is 24.3 Å². The Balaban J connectivity index is 1.90. The molecule has 0 saturated carbocycles. The number of nitrogens with one attached hydrogen (secondary N) is 2. The number of benzene rings is 1. The molecule has 1 aromatic heterocycles. The minimum Gasteiger partial charge on any atom is -0.481 e. The second kappa shape index (κ2) is 8.18. The predicted molar refractivity (Wildman–Crippen MR) is 91.6 cm³/mol. The van der Waals surface area contributed by atoms with Crippen LogP contribution in [0.5, 0.6) is 5.88 Å². The van der Waals surface area contributed by atoms with E-state index in [2.05, 4.69) is 15.7 Å². The van der Waals surface area contributed by atoms with Crippen LogP contribution in [0.25, 0.3) is 0 Å². The van der Waals surface area contributed by atoms with Gasteiger partial charge in [0.1, 0.15) is 0 Å². The highest BCUT2D eigenvalue weighted by atomic mass is 16.5. The molecule has 0 saturated heterocycles. The summed E-state index contributed by atoms with van der Waals surface area (Å²) in [6.07, 6.45) is 0.742. The fraction of sp³-hybridized carbons (Fsp3) is 0.353. The number of amides is 2. The number of aromatic carboxylic acids is 1. The highest BCUT2D eigenvalue weighted by Crippen LogP contribution is 2.21.